The van der Waals surface area contributed by atoms with Crippen LogP contribution in [-0.4, -0.2) is 16.0 Å². The first-order chi connectivity index (χ1) is 11.6. The molecule has 24 heavy (non-hydrogen) atoms. The van der Waals surface area contributed by atoms with Gasteiger partial charge in [-0.1, -0.05) is 53.2 Å². The largest absolute Gasteiger partial charge is 0.339 e. The molecule has 0 aliphatic rings. The van der Waals surface area contributed by atoms with Crippen LogP contribution in [0.5, 0.6) is 0 Å². The lowest BCUT2D eigenvalue weighted by atomic mass is 10.1. The molecule has 0 unspecified atom stereocenters. The van der Waals surface area contributed by atoms with Crippen LogP contribution in [0.1, 0.15) is 22.8 Å². The third-order valence-corrected chi connectivity index (χ3v) is 3.88. The molecule has 0 spiro atoms. The van der Waals surface area contributed by atoms with Gasteiger partial charge in [0, 0.05) is 10.7 Å². The number of rotatable bonds is 5. The second-order valence-electron chi connectivity index (χ2n) is 5.39. The Balaban J connectivity index is 1.73. The number of nitrogens with zero attached hydrogens (tertiary/aromatic N) is 2. The first-order valence-electron chi connectivity index (χ1n) is 7.52. The average molecular weight is 342 g/mol. The third-order valence-electron chi connectivity index (χ3n) is 3.51. The first kappa shape index (κ1) is 16.2. The molecule has 1 N–H and O–H groups in total. The van der Waals surface area contributed by atoms with Gasteiger partial charge in [0.15, 0.2) is 5.82 Å². The highest BCUT2D eigenvalue weighted by molar-refractivity contribution is 6.31. The molecule has 3 rings (SSSR count). The van der Waals surface area contributed by atoms with Crippen molar-refractivity contribution in [2.24, 2.45) is 0 Å². The second kappa shape index (κ2) is 7.27. The van der Waals surface area contributed by atoms with E-state index in [0.29, 0.717) is 23.2 Å². The van der Waals surface area contributed by atoms with E-state index in [1.165, 1.54) is 0 Å². The average Bonchev–Trinajstić information content (AvgIpc) is 2.97. The van der Waals surface area contributed by atoms with E-state index < -0.39 is 0 Å². The summed E-state index contributed by atoms with van der Waals surface area (Å²) in [7, 11) is 0. The minimum Gasteiger partial charge on any atom is -0.339 e. The van der Waals surface area contributed by atoms with E-state index in [1.54, 1.807) is 13.0 Å². The number of hydrogen-bond acceptors (Lipinski definition) is 4. The molecule has 0 bridgehead atoms. The lowest BCUT2D eigenvalue weighted by Crippen LogP contribution is -2.16. The van der Waals surface area contributed by atoms with Gasteiger partial charge in [-0.15, -0.1) is 0 Å². The van der Waals surface area contributed by atoms with Crippen LogP contribution in [0.4, 0.5) is 5.69 Å². The van der Waals surface area contributed by atoms with E-state index in [1.807, 2.05) is 42.5 Å². The van der Waals surface area contributed by atoms with Gasteiger partial charge in [0.25, 0.3) is 0 Å². The van der Waals surface area contributed by atoms with E-state index in [0.717, 1.165) is 16.8 Å². The Labute approximate surface area is 144 Å². The van der Waals surface area contributed by atoms with Crippen molar-refractivity contribution < 1.29 is 9.32 Å². The van der Waals surface area contributed by atoms with E-state index in [2.05, 4.69) is 15.5 Å². The highest BCUT2D eigenvalue weighted by atomic mass is 35.5. The number of nitrogens with one attached hydrogen (secondary N) is 1. The molecule has 5 nitrogen and oxygen atoms in total. The van der Waals surface area contributed by atoms with E-state index >= 15 is 0 Å². The fourth-order valence-electron chi connectivity index (χ4n) is 2.38. The molecule has 2 aromatic carbocycles. The Morgan fingerprint density at radius 1 is 1.12 bits per heavy atom. The van der Waals surface area contributed by atoms with Crippen molar-refractivity contribution in [1.82, 2.24) is 10.1 Å². The van der Waals surface area contributed by atoms with Gasteiger partial charge in [-0.2, -0.15) is 4.98 Å². The smallest absolute Gasteiger partial charge is 0.231 e. The zero-order chi connectivity index (χ0) is 16.9. The highest BCUT2D eigenvalue weighted by Gasteiger charge is 2.12. The number of carbonyl (C=O) groups excluding carboxylic acids is 1. The molecule has 0 saturated carbocycles. The molecule has 0 aliphatic heterocycles. The Kier molecular flexibility index (Phi) is 4.91. The van der Waals surface area contributed by atoms with Gasteiger partial charge in [0.05, 0.1) is 12.8 Å². The second-order valence-corrected chi connectivity index (χ2v) is 5.79. The molecular formula is C18H16ClN3O2. The minimum absolute atomic E-state index is 0.128. The summed E-state index contributed by atoms with van der Waals surface area (Å²) in [6.45, 7) is 1.77. The molecule has 0 fully saturated rings. The fraction of sp³-hybridized carbons (Fsp3) is 0.167. The van der Waals surface area contributed by atoms with Crippen LogP contribution < -0.4 is 5.32 Å². The van der Waals surface area contributed by atoms with Gasteiger partial charge in [-0.05, 0) is 30.2 Å². The summed E-state index contributed by atoms with van der Waals surface area (Å²) in [5.41, 5.74) is 2.43. The molecule has 1 amide bonds. The van der Waals surface area contributed by atoms with E-state index in [-0.39, 0.29) is 12.3 Å². The van der Waals surface area contributed by atoms with Gasteiger partial charge >= 0.3 is 0 Å². The Morgan fingerprint density at radius 2 is 1.83 bits per heavy atom. The summed E-state index contributed by atoms with van der Waals surface area (Å²) in [5, 5.41) is 7.29. The molecule has 0 atom stereocenters. The van der Waals surface area contributed by atoms with Gasteiger partial charge in [-0.25, -0.2) is 0 Å². The summed E-state index contributed by atoms with van der Waals surface area (Å²) < 4.78 is 5.15. The van der Waals surface area contributed by atoms with Gasteiger partial charge < -0.3 is 9.84 Å². The Hall–Kier alpha value is -2.66. The maximum Gasteiger partial charge on any atom is 0.231 e. The predicted octanol–water partition coefficient (Wildman–Crippen LogP) is 3.80. The molecule has 1 aromatic heterocycles. The lowest BCUT2D eigenvalue weighted by Gasteiger charge is -2.10. The number of aromatic nitrogens is 2. The van der Waals surface area contributed by atoms with Crippen LogP contribution in [-0.2, 0) is 17.6 Å². The molecule has 6 heteroatoms. The van der Waals surface area contributed by atoms with E-state index in [9.17, 15) is 4.79 Å². The number of benzene rings is 2. The first-order valence-corrected chi connectivity index (χ1v) is 7.90. The molecule has 3 aromatic rings. The summed E-state index contributed by atoms with van der Waals surface area (Å²) in [6.07, 6.45) is 0.678. The van der Waals surface area contributed by atoms with Crippen molar-refractivity contribution in [3.8, 4) is 0 Å². The zero-order valence-electron chi connectivity index (χ0n) is 13.1. The number of hydrogen-bond donors (Lipinski definition) is 1. The monoisotopic (exact) mass is 341 g/mol. The van der Waals surface area contributed by atoms with Gasteiger partial charge in [0.2, 0.25) is 11.8 Å². The fourth-order valence-corrected chi connectivity index (χ4v) is 2.58. The number of para-hydroxylation sites is 1. The number of anilines is 1. The van der Waals surface area contributed by atoms with Crippen molar-refractivity contribution >= 4 is 23.2 Å². The number of amides is 1. The van der Waals surface area contributed by atoms with Crippen molar-refractivity contribution in [2.75, 3.05) is 5.32 Å². The number of carbonyl (C=O) groups is 1. The molecule has 0 aliphatic carbocycles. The molecule has 0 saturated heterocycles. The summed E-state index contributed by atoms with van der Waals surface area (Å²) in [4.78, 5) is 16.5. The Bertz CT molecular complexity index is 861. The van der Waals surface area contributed by atoms with E-state index in [4.69, 9.17) is 16.1 Å². The summed E-state index contributed by atoms with van der Waals surface area (Å²) in [5.74, 6) is 0.975. The molecule has 122 valence electrons. The van der Waals surface area contributed by atoms with Crippen molar-refractivity contribution in [1.29, 1.82) is 0 Å². The van der Waals surface area contributed by atoms with Crippen LogP contribution in [0.25, 0.3) is 0 Å². The lowest BCUT2D eigenvalue weighted by molar-refractivity contribution is -0.115. The van der Waals surface area contributed by atoms with Gasteiger partial charge in [0.1, 0.15) is 0 Å². The van der Waals surface area contributed by atoms with Crippen molar-refractivity contribution in [2.45, 2.75) is 19.8 Å². The number of halogens is 1. The van der Waals surface area contributed by atoms with Crippen LogP contribution >= 0.6 is 11.6 Å². The molecular weight excluding hydrogens is 326 g/mol. The van der Waals surface area contributed by atoms with Crippen molar-refractivity contribution in [3.63, 3.8) is 0 Å². The van der Waals surface area contributed by atoms with Crippen LogP contribution in [0, 0.1) is 6.92 Å². The maximum absolute atomic E-state index is 12.3. The van der Waals surface area contributed by atoms with Gasteiger partial charge in [-0.3, -0.25) is 4.79 Å². The summed E-state index contributed by atoms with van der Waals surface area (Å²) in [6, 6.07) is 14.9. The molecule has 1 heterocycles. The Morgan fingerprint density at radius 3 is 2.54 bits per heavy atom. The highest BCUT2D eigenvalue weighted by Crippen LogP contribution is 2.20. The maximum atomic E-state index is 12.3. The molecule has 0 radical (unpaired) electrons. The normalized spacial score (nSPS) is 10.6. The van der Waals surface area contributed by atoms with Crippen LogP contribution in [0.2, 0.25) is 5.02 Å². The topological polar surface area (TPSA) is 68.0 Å². The van der Waals surface area contributed by atoms with Crippen LogP contribution in [0.3, 0.4) is 0 Å². The standard InChI is InChI=1S/C18H16ClN3O2/c1-12-20-18(24-22-12)11-14-7-3-5-9-16(14)21-17(23)10-13-6-2-4-8-15(13)19/h2-9H,10-11H2,1H3,(H,21,23). The minimum atomic E-state index is -0.128. The van der Waals surface area contributed by atoms with Crippen LogP contribution in [0.15, 0.2) is 53.1 Å². The van der Waals surface area contributed by atoms with Crippen molar-refractivity contribution in [3.05, 3.63) is 76.4 Å². The predicted molar refractivity (Wildman–Crippen MR) is 92.1 cm³/mol. The number of aryl methyl sites for hydroxylation is 1. The third kappa shape index (κ3) is 4.00. The quantitative estimate of drug-likeness (QED) is 0.766. The summed E-state index contributed by atoms with van der Waals surface area (Å²) >= 11 is 6.10. The zero-order valence-corrected chi connectivity index (χ0v) is 13.9. The SMILES string of the molecule is Cc1noc(Cc2ccccc2NC(=O)Cc2ccccc2Cl)n1.